The zero-order chi connectivity index (χ0) is 17.1. The second-order valence-corrected chi connectivity index (χ2v) is 7.00. The third-order valence-electron chi connectivity index (χ3n) is 4.88. The van der Waals surface area contributed by atoms with Crippen molar-refractivity contribution in [2.45, 2.75) is 50.7 Å². The van der Waals surface area contributed by atoms with Gasteiger partial charge in [-0.15, -0.1) is 0 Å². The molecule has 0 bridgehead atoms. The molecule has 2 rings (SSSR count). The van der Waals surface area contributed by atoms with Crippen LogP contribution in [-0.4, -0.2) is 37.7 Å². The minimum atomic E-state index is -4.27. The average Bonchev–Trinajstić information content (AvgIpc) is 2.92. The van der Waals surface area contributed by atoms with Gasteiger partial charge in [-0.2, -0.15) is 13.2 Å². The first-order valence-electron chi connectivity index (χ1n) is 8.15. The first kappa shape index (κ1) is 18.3. The summed E-state index contributed by atoms with van der Waals surface area (Å²) in [6.07, 6.45) is -1.01. The molecule has 0 unspecified atom stereocenters. The van der Waals surface area contributed by atoms with E-state index in [1.165, 1.54) is 18.6 Å². The molecule has 1 aliphatic rings. The highest BCUT2D eigenvalue weighted by molar-refractivity contribution is 5.29. The maximum atomic E-state index is 12.7. The largest absolute Gasteiger partial charge is 0.416 e. The molecule has 23 heavy (non-hydrogen) atoms. The Morgan fingerprint density at radius 2 is 1.74 bits per heavy atom. The number of nitrogens with zero attached hydrogens (tertiary/aromatic N) is 1. The van der Waals surface area contributed by atoms with Crippen molar-refractivity contribution in [3.8, 4) is 0 Å². The van der Waals surface area contributed by atoms with Crippen molar-refractivity contribution in [2.75, 3.05) is 26.8 Å². The van der Waals surface area contributed by atoms with E-state index in [4.69, 9.17) is 4.74 Å². The first-order valence-corrected chi connectivity index (χ1v) is 8.15. The molecule has 0 saturated carbocycles. The number of rotatable bonds is 6. The van der Waals surface area contributed by atoms with Gasteiger partial charge in [0.25, 0.3) is 0 Å². The van der Waals surface area contributed by atoms with Crippen molar-refractivity contribution in [1.82, 2.24) is 4.90 Å². The molecule has 0 aromatic heterocycles. The molecule has 5 heteroatoms. The molecule has 0 amide bonds. The van der Waals surface area contributed by atoms with Gasteiger partial charge >= 0.3 is 6.18 Å². The van der Waals surface area contributed by atoms with Crippen LogP contribution in [0.5, 0.6) is 0 Å². The van der Waals surface area contributed by atoms with E-state index in [1.54, 1.807) is 19.2 Å². The number of ether oxygens (including phenoxy) is 1. The highest BCUT2D eigenvalue weighted by Gasteiger charge is 2.31. The zero-order valence-electron chi connectivity index (χ0n) is 14.1. The van der Waals surface area contributed by atoms with E-state index in [0.29, 0.717) is 6.04 Å². The van der Waals surface area contributed by atoms with Crippen LogP contribution < -0.4 is 0 Å². The number of likely N-dealkylation sites (tertiary alicyclic amines) is 1. The van der Waals surface area contributed by atoms with Gasteiger partial charge in [-0.3, -0.25) is 4.90 Å². The summed E-state index contributed by atoms with van der Waals surface area (Å²) in [5.41, 5.74) is 0.217. The molecule has 0 spiro atoms. The predicted octanol–water partition coefficient (Wildman–Crippen LogP) is 4.48. The number of methoxy groups -OCH3 is 1. The number of alkyl halides is 3. The third kappa shape index (κ3) is 4.70. The molecule has 1 aromatic rings. The van der Waals surface area contributed by atoms with E-state index in [-0.39, 0.29) is 5.41 Å². The zero-order valence-corrected chi connectivity index (χ0v) is 14.1. The molecular formula is C18H26F3NO. The maximum absolute atomic E-state index is 12.7. The van der Waals surface area contributed by atoms with Crippen molar-refractivity contribution < 1.29 is 17.9 Å². The lowest BCUT2D eigenvalue weighted by Crippen LogP contribution is -2.36. The van der Waals surface area contributed by atoms with Crippen LogP contribution in [0.2, 0.25) is 0 Å². The van der Waals surface area contributed by atoms with Crippen molar-refractivity contribution in [1.29, 1.82) is 0 Å². The topological polar surface area (TPSA) is 12.5 Å². The number of hydrogen-bond donors (Lipinski definition) is 0. The van der Waals surface area contributed by atoms with Crippen LogP contribution in [0, 0.1) is 0 Å². The first-order chi connectivity index (χ1) is 10.7. The predicted molar refractivity (Wildman–Crippen MR) is 85.6 cm³/mol. The van der Waals surface area contributed by atoms with Crippen molar-refractivity contribution in [3.05, 3.63) is 35.4 Å². The Labute approximate surface area is 136 Å². The smallest absolute Gasteiger partial charge is 0.383 e. The van der Waals surface area contributed by atoms with Gasteiger partial charge in [0.2, 0.25) is 0 Å². The van der Waals surface area contributed by atoms with E-state index in [1.807, 2.05) is 0 Å². The molecule has 1 aromatic carbocycles. The fourth-order valence-corrected chi connectivity index (χ4v) is 3.25. The van der Waals surface area contributed by atoms with Gasteiger partial charge in [0.15, 0.2) is 0 Å². The van der Waals surface area contributed by atoms with Gasteiger partial charge in [-0.25, -0.2) is 0 Å². The second-order valence-electron chi connectivity index (χ2n) is 7.00. The van der Waals surface area contributed by atoms with E-state index >= 15 is 0 Å². The van der Waals surface area contributed by atoms with Gasteiger partial charge in [0, 0.05) is 13.2 Å². The summed E-state index contributed by atoms with van der Waals surface area (Å²) in [4.78, 5) is 2.44. The van der Waals surface area contributed by atoms with Crippen LogP contribution in [0.1, 0.15) is 44.2 Å². The lowest BCUT2D eigenvalue weighted by atomic mass is 9.81. The minimum Gasteiger partial charge on any atom is -0.383 e. The quantitative estimate of drug-likeness (QED) is 0.763. The molecule has 1 aliphatic heterocycles. The van der Waals surface area contributed by atoms with Crippen molar-refractivity contribution in [3.63, 3.8) is 0 Å². The summed E-state index contributed by atoms with van der Waals surface area (Å²) >= 11 is 0. The summed E-state index contributed by atoms with van der Waals surface area (Å²) in [5, 5.41) is 0. The molecular weight excluding hydrogens is 303 g/mol. The number of hydrogen-bond acceptors (Lipinski definition) is 2. The molecule has 1 atom stereocenters. The van der Waals surface area contributed by atoms with E-state index in [0.717, 1.165) is 38.1 Å². The Balaban J connectivity index is 1.98. The summed E-state index contributed by atoms with van der Waals surface area (Å²) < 4.78 is 43.3. The van der Waals surface area contributed by atoms with Gasteiger partial charge < -0.3 is 4.74 Å². The Morgan fingerprint density at radius 1 is 1.13 bits per heavy atom. The van der Waals surface area contributed by atoms with Gasteiger partial charge in [-0.05, 0) is 55.5 Å². The van der Waals surface area contributed by atoms with Crippen LogP contribution in [-0.2, 0) is 16.3 Å². The van der Waals surface area contributed by atoms with Gasteiger partial charge in [0.1, 0.15) is 0 Å². The normalized spacial score (nSPS) is 20.2. The standard InChI is InChI=1S/C18H26F3NO/c1-17(2,10-12-22-11-4-5-16(22)13-23-3)14-6-8-15(9-7-14)18(19,20)21/h6-9,16H,4-5,10-13H2,1-3H3/t16-/m0/s1. The Hall–Kier alpha value is -1.07. The second kappa shape index (κ2) is 7.22. The Morgan fingerprint density at radius 3 is 2.30 bits per heavy atom. The van der Waals surface area contributed by atoms with Gasteiger partial charge in [0.05, 0.1) is 12.2 Å². The molecule has 1 saturated heterocycles. The van der Waals surface area contributed by atoms with Crippen LogP contribution in [0.4, 0.5) is 13.2 Å². The summed E-state index contributed by atoms with van der Waals surface area (Å²) in [5.74, 6) is 0. The minimum absolute atomic E-state index is 0.148. The van der Waals surface area contributed by atoms with E-state index in [9.17, 15) is 13.2 Å². The van der Waals surface area contributed by atoms with Crippen LogP contribution >= 0.6 is 0 Å². The molecule has 0 aliphatic carbocycles. The van der Waals surface area contributed by atoms with Crippen LogP contribution in [0.3, 0.4) is 0 Å². The monoisotopic (exact) mass is 329 g/mol. The van der Waals surface area contributed by atoms with Crippen molar-refractivity contribution >= 4 is 0 Å². The number of benzene rings is 1. The Bertz CT molecular complexity index is 496. The molecule has 2 nitrogen and oxygen atoms in total. The van der Waals surface area contributed by atoms with Crippen LogP contribution in [0.25, 0.3) is 0 Å². The third-order valence-corrected chi connectivity index (χ3v) is 4.88. The fourth-order valence-electron chi connectivity index (χ4n) is 3.25. The molecule has 0 radical (unpaired) electrons. The lowest BCUT2D eigenvalue weighted by molar-refractivity contribution is -0.137. The van der Waals surface area contributed by atoms with E-state index < -0.39 is 11.7 Å². The summed E-state index contributed by atoms with van der Waals surface area (Å²) in [6.45, 7) is 6.97. The average molecular weight is 329 g/mol. The van der Waals surface area contributed by atoms with Crippen LogP contribution in [0.15, 0.2) is 24.3 Å². The molecule has 0 N–H and O–H groups in total. The van der Waals surface area contributed by atoms with E-state index in [2.05, 4.69) is 18.7 Å². The molecule has 130 valence electrons. The van der Waals surface area contributed by atoms with Crippen molar-refractivity contribution in [2.24, 2.45) is 0 Å². The molecule has 1 heterocycles. The fraction of sp³-hybridized carbons (Fsp3) is 0.667. The SMILES string of the molecule is COC[C@@H]1CCCN1CCC(C)(C)c1ccc(C(F)(F)F)cc1. The molecule has 1 fully saturated rings. The summed E-state index contributed by atoms with van der Waals surface area (Å²) in [6, 6.07) is 6.06. The summed E-state index contributed by atoms with van der Waals surface area (Å²) in [7, 11) is 1.72. The highest BCUT2D eigenvalue weighted by Crippen LogP contribution is 2.33. The highest BCUT2D eigenvalue weighted by atomic mass is 19.4. The lowest BCUT2D eigenvalue weighted by Gasteiger charge is -2.31. The number of halogens is 3. The maximum Gasteiger partial charge on any atom is 0.416 e. The van der Waals surface area contributed by atoms with Gasteiger partial charge in [-0.1, -0.05) is 26.0 Å². The Kier molecular flexibility index (Phi) is 5.74.